The molecule has 0 aliphatic rings. The summed E-state index contributed by atoms with van der Waals surface area (Å²) >= 11 is 2.69. The van der Waals surface area contributed by atoms with Crippen LogP contribution in [0.5, 0.6) is 0 Å². The first-order valence-corrected chi connectivity index (χ1v) is 3.63. The summed E-state index contributed by atoms with van der Waals surface area (Å²) in [5.74, 6) is 0. The van der Waals surface area contributed by atoms with E-state index >= 15 is 0 Å². The van der Waals surface area contributed by atoms with Crippen LogP contribution in [0.2, 0.25) is 0 Å². The quantitative estimate of drug-likeness (QED) is 0.392. The maximum Gasteiger partial charge on any atom is 0.217 e. The molecule has 0 aliphatic heterocycles. The third-order valence-electron chi connectivity index (χ3n) is 0.233. The lowest BCUT2D eigenvalue weighted by atomic mass is 11.5. The minimum Gasteiger partial charge on any atom is -0.170 e. The summed E-state index contributed by atoms with van der Waals surface area (Å²) in [5.41, 5.74) is 0. The maximum absolute atomic E-state index is 7.83. The van der Waals surface area contributed by atoms with Crippen molar-refractivity contribution in [1.29, 1.82) is 5.26 Å². The fraction of sp³-hybridized carbons (Fsp3) is 0.333. The predicted molar refractivity (Wildman–Crippen MR) is 35.0 cm³/mol. The van der Waals surface area contributed by atoms with Gasteiger partial charge in [0, 0.05) is 4.70 Å². The van der Waals surface area contributed by atoms with Gasteiger partial charge in [-0.05, 0) is 17.4 Å². The molecule has 0 spiro atoms. The highest BCUT2D eigenvalue weighted by Crippen LogP contribution is 1.77. The molecule has 0 rings (SSSR count). The summed E-state index contributed by atoms with van der Waals surface area (Å²) in [6.45, 7) is 0. The monoisotopic (exact) mass is 132 g/mol. The number of hydrogen-bond acceptors (Lipinski definition) is 3. The zero-order valence-electron chi connectivity index (χ0n) is 3.79. The van der Waals surface area contributed by atoms with Gasteiger partial charge in [0.1, 0.15) is 0 Å². The van der Waals surface area contributed by atoms with Gasteiger partial charge in [0.25, 0.3) is 0 Å². The van der Waals surface area contributed by atoms with E-state index in [0.29, 0.717) is 0 Å². The molecule has 0 radical (unpaired) electrons. The van der Waals surface area contributed by atoms with Crippen LogP contribution in [-0.2, 0) is 11.1 Å². The molecule has 0 saturated carbocycles. The van der Waals surface area contributed by atoms with Gasteiger partial charge in [-0.2, -0.15) is 5.26 Å². The molecule has 0 unspecified atom stereocenters. The predicted octanol–water partition coefficient (Wildman–Crippen LogP) is 0.856. The lowest BCUT2D eigenvalue weighted by molar-refractivity contribution is 1.47. The molecule has 0 aliphatic carbocycles. The Kier molecular flexibility index (Phi) is 5.51. The normalized spacial score (nSPS) is 6.29. The number of nitriles is 1. The molecule has 2 nitrogen and oxygen atoms in total. The van der Waals surface area contributed by atoms with E-state index < -0.39 is 0 Å². The van der Waals surface area contributed by atoms with Crippen LogP contribution in [0.1, 0.15) is 0 Å². The van der Waals surface area contributed by atoms with Crippen LogP contribution >= 0.6 is 11.8 Å². The second kappa shape index (κ2) is 5.73. The van der Waals surface area contributed by atoms with Crippen LogP contribution < -0.4 is 0 Å². The minimum absolute atomic E-state index is 1.16. The number of thioether (sulfide) groups is 1. The highest BCUT2D eigenvalue weighted by molar-refractivity contribution is 8.18. The van der Waals surface area contributed by atoms with E-state index in [1.54, 1.807) is 10.9 Å². The first-order chi connectivity index (χ1) is 3.41. The van der Waals surface area contributed by atoms with Crippen LogP contribution in [-0.4, -0.2) is 11.0 Å². The second-order valence-electron chi connectivity index (χ2n) is 0.629. The molecule has 0 fully saturated rings. The van der Waals surface area contributed by atoms with Crippen molar-refractivity contribution >= 4 is 27.6 Å². The van der Waals surface area contributed by atoms with E-state index in [-0.39, 0.29) is 0 Å². The second-order valence-corrected chi connectivity index (χ2v) is 2.26. The van der Waals surface area contributed by atoms with Gasteiger partial charge >= 0.3 is 0 Å². The highest BCUT2D eigenvalue weighted by Gasteiger charge is 1.55. The van der Waals surface area contributed by atoms with Crippen molar-refractivity contribution in [2.75, 3.05) is 6.26 Å². The maximum atomic E-state index is 7.83. The minimum atomic E-state index is 1.16. The van der Waals surface area contributed by atoms with Gasteiger partial charge in [0.2, 0.25) is 6.19 Å². The summed E-state index contributed by atoms with van der Waals surface area (Å²) in [4.78, 5) is 0. The fourth-order valence-electron chi connectivity index (χ4n) is 0.0881. The Morgan fingerprint density at radius 1 is 1.86 bits per heavy atom. The van der Waals surface area contributed by atoms with Crippen molar-refractivity contribution < 1.29 is 0 Å². The third kappa shape index (κ3) is 5.73. The molecule has 0 aromatic rings. The lowest BCUT2D eigenvalue weighted by Crippen LogP contribution is -1.51. The van der Waals surface area contributed by atoms with Crippen molar-refractivity contribution in [3.05, 3.63) is 0 Å². The van der Waals surface area contributed by atoms with Crippen LogP contribution in [0.25, 0.3) is 0 Å². The SMILES string of the molecule is CSC=S=NC#N. The van der Waals surface area contributed by atoms with Gasteiger partial charge < -0.3 is 0 Å². The van der Waals surface area contributed by atoms with Crippen LogP contribution in [0.4, 0.5) is 0 Å². The summed E-state index contributed by atoms with van der Waals surface area (Å²) < 4.78 is 5.09. The topological polar surface area (TPSA) is 36.1 Å². The number of hydrogen-bond donors (Lipinski definition) is 0. The molecule has 0 N–H and O–H groups in total. The van der Waals surface area contributed by atoms with Crippen molar-refractivity contribution in [2.24, 2.45) is 4.36 Å². The van der Waals surface area contributed by atoms with Gasteiger partial charge in [-0.25, -0.2) is 0 Å². The summed E-state index contributed by atoms with van der Waals surface area (Å²) in [6.07, 6.45) is 3.56. The van der Waals surface area contributed by atoms with Crippen LogP contribution in [0.3, 0.4) is 0 Å². The van der Waals surface area contributed by atoms with Gasteiger partial charge in [-0.3, -0.25) is 0 Å². The molecule has 0 atom stereocenters. The molecule has 0 saturated heterocycles. The third-order valence-corrected chi connectivity index (χ3v) is 1.53. The molecular weight excluding hydrogens is 128 g/mol. The Hall–Kier alpha value is -0.270. The van der Waals surface area contributed by atoms with E-state index in [1.165, 1.54) is 11.8 Å². The first-order valence-electron chi connectivity index (χ1n) is 1.51. The molecule has 0 amide bonds. The van der Waals surface area contributed by atoms with Crippen molar-refractivity contribution in [3.63, 3.8) is 0 Å². The molecule has 7 heavy (non-hydrogen) atoms. The average Bonchev–Trinajstić information content (AvgIpc) is 1.69. The Morgan fingerprint density at radius 3 is 3.00 bits per heavy atom. The molecule has 4 heteroatoms. The van der Waals surface area contributed by atoms with E-state index in [4.69, 9.17) is 5.26 Å². The lowest BCUT2D eigenvalue weighted by Gasteiger charge is -1.61. The Morgan fingerprint density at radius 2 is 2.57 bits per heavy atom. The molecular formula is C3H4N2S2. The van der Waals surface area contributed by atoms with E-state index in [9.17, 15) is 0 Å². The zero-order valence-corrected chi connectivity index (χ0v) is 5.42. The Bertz CT molecular complexity index is 128. The standard InChI is InChI=1S/C3H4N2S2/c1-6-3-7-5-2-4/h3H,1H3. The summed E-state index contributed by atoms with van der Waals surface area (Å²) in [7, 11) is 0. The van der Waals surface area contributed by atoms with Crippen molar-refractivity contribution in [2.45, 2.75) is 0 Å². The van der Waals surface area contributed by atoms with Gasteiger partial charge in [-0.15, -0.1) is 16.1 Å². The largest absolute Gasteiger partial charge is 0.217 e. The van der Waals surface area contributed by atoms with Crippen molar-refractivity contribution in [3.8, 4) is 6.19 Å². The Labute approximate surface area is 50.2 Å². The fourth-order valence-corrected chi connectivity index (χ4v) is 0.652. The smallest absolute Gasteiger partial charge is 0.170 e. The highest BCUT2D eigenvalue weighted by atomic mass is 32.2. The molecule has 0 heterocycles. The molecule has 0 bridgehead atoms. The number of rotatable bonds is 1. The van der Waals surface area contributed by atoms with Crippen molar-refractivity contribution in [1.82, 2.24) is 0 Å². The molecule has 0 aromatic carbocycles. The average molecular weight is 132 g/mol. The van der Waals surface area contributed by atoms with Crippen LogP contribution in [0.15, 0.2) is 4.36 Å². The van der Waals surface area contributed by atoms with Gasteiger partial charge in [0.15, 0.2) is 0 Å². The molecule has 38 valence electrons. The van der Waals surface area contributed by atoms with E-state index in [2.05, 4.69) is 4.36 Å². The van der Waals surface area contributed by atoms with E-state index in [1.807, 2.05) is 6.26 Å². The first kappa shape index (κ1) is 6.73. The Balaban J connectivity index is 3.47. The summed E-state index contributed by atoms with van der Waals surface area (Å²) in [5, 5.41) is 7.83. The number of nitrogens with zero attached hydrogens (tertiary/aromatic N) is 2. The zero-order chi connectivity index (χ0) is 5.54. The molecule has 0 aromatic heterocycles. The van der Waals surface area contributed by atoms with Crippen LogP contribution in [0, 0.1) is 11.5 Å². The summed E-state index contributed by atoms with van der Waals surface area (Å²) in [6, 6.07) is 0. The van der Waals surface area contributed by atoms with E-state index in [0.717, 1.165) is 11.1 Å². The van der Waals surface area contributed by atoms with Gasteiger partial charge in [-0.1, -0.05) is 0 Å². The van der Waals surface area contributed by atoms with Gasteiger partial charge in [0.05, 0.1) is 0 Å².